The van der Waals surface area contributed by atoms with E-state index in [0.29, 0.717) is 5.92 Å². The lowest BCUT2D eigenvalue weighted by Gasteiger charge is -2.59. The van der Waals surface area contributed by atoms with Crippen LogP contribution in [0.4, 0.5) is 0 Å². The van der Waals surface area contributed by atoms with Crippen molar-refractivity contribution in [2.24, 2.45) is 34.5 Å². The highest BCUT2D eigenvalue weighted by Crippen LogP contribution is 2.66. The molecule has 1 aromatic heterocycles. The van der Waals surface area contributed by atoms with E-state index < -0.39 is 0 Å². The Balaban J connectivity index is 0.00000132. The Bertz CT molecular complexity index is 758. The summed E-state index contributed by atoms with van der Waals surface area (Å²) < 4.78 is 0. The first-order chi connectivity index (χ1) is 14.9. The first-order valence-corrected chi connectivity index (χ1v) is 12.6. The Kier molecular flexibility index (Phi) is 7.78. The van der Waals surface area contributed by atoms with E-state index >= 15 is 0 Å². The maximum absolute atomic E-state index is 11.5. The van der Waals surface area contributed by atoms with Gasteiger partial charge in [0.05, 0.1) is 0 Å². The summed E-state index contributed by atoms with van der Waals surface area (Å²) in [5.74, 6) is 2.83. The summed E-state index contributed by atoms with van der Waals surface area (Å²) in [6, 6.07) is 4.31. The Hall–Kier alpha value is -1.48. The number of nitrogens with zero attached hydrogens (tertiary/aromatic N) is 2. The quantitative estimate of drug-likeness (QED) is 0.489. The second-order valence-electron chi connectivity index (χ2n) is 10.7. The molecule has 0 spiro atoms. The second-order valence-corrected chi connectivity index (χ2v) is 10.7. The van der Waals surface area contributed by atoms with E-state index in [4.69, 9.17) is 0 Å². The molecular weight excluding hydrogens is 380 g/mol. The van der Waals surface area contributed by atoms with E-state index in [-0.39, 0.29) is 10.8 Å². The third-order valence-corrected chi connectivity index (χ3v) is 9.10. The Morgan fingerprint density at radius 1 is 1.16 bits per heavy atom. The fourth-order valence-corrected chi connectivity index (χ4v) is 7.43. The molecule has 2 fully saturated rings. The zero-order valence-electron chi connectivity index (χ0n) is 20.7. The molecule has 3 aliphatic rings. The molecule has 3 aliphatic carbocycles. The molecule has 1 aromatic rings. The van der Waals surface area contributed by atoms with Crippen molar-refractivity contribution in [3.05, 3.63) is 36.2 Å². The Morgan fingerprint density at radius 3 is 2.58 bits per heavy atom. The molecule has 4 rings (SSSR count). The van der Waals surface area contributed by atoms with Gasteiger partial charge in [0.2, 0.25) is 0 Å². The Labute approximate surface area is 190 Å². The number of carbonyl (C=O) groups is 1. The van der Waals surface area contributed by atoms with Gasteiger partial charge >= 0.3 is 0 Å². The van der Waals surface area contributed by atoms with E-state index in [1.165, 1.54) is 50.4 Å². The third-order valence-electron chi connectivity index (χ3n) is 9.10. The van der Waals surface area contributed by atoms with Crippen LogP contribution in [0.1, 0.15) is 78.2 Å². The molecule has 172 valence electrons. The fraction of sp³-hybridized carbons (Fsp3) is 0.714. The monoisotopic (exact) mass is 424 g/mol. The lowest BCUT2D eigenvalue weighted by Crippen LogP contribution is -2.52. The number of carbonyl (C=O) groups excluding carboxylic acids is 1. The SMILES string of the molecule is CC.CN(C)CC[C@]1(C)C(CC=O)CCC2C3CC=C(c4cccnc4)C3(C)CCC21. The third kappa shape index (κ3) is 4.40. The molecule has 3 heteroatoms. The summed E-state index contributed by atoms with van der Waals surface area (Å²) >= 11 is 0. The van der Waals surface area contributed by atoms with Crippen LogP contribution in [0.5, 0.6) is 0 Å². The number of hydrogen-bond acceptors (Lipinski definition) is 3. The highest BCUT2D eigenvalue weighted by Gasteiger charge is 2.57. The van der Waals surface area contributed by atoms with Crippen LogP contribution in [0.2, 0.25) is 0 Å². The summed E-state index contributed by atoms with van der Waals surface area (Å²) in [4.78, 5) is 18.2. The van der Waals surface area contributed by atoms with Crippen LogP contribution in [0, 0.1) is 34.5 Å². The van der Waals surface area contributed by atoms with Gasteiger partial charge in [0.25, 0.3) is 0 Å². The van der Waals surface area contributed by atoms with Crippen molar-refractivity contribution < 1.29 is 4.79 Å². The minimum atomic E-state index is 0.282. The van der Waals surface area contributed by atoms with E-state index in [2.05, 4.69) is 56.0 Å². The van der Waals surface area contributed by atoms with Gasteiger partial charge < -0.3 is 9.69 Å². The first kappa shape index (κ1) is 24.2. The summed E-state index contributed by atoms with van der Waals surface area (Å²) in [5, 5.41) is 0. The van der Waals surface area contributed by atoms with Crippen LogP contribution in [0.15, 0.2) is 30.6 Å². The number of aldehydes is 1. The van der Waals surface area contributed by atoms with Crippen molar-refractivity contribution in [2.45, 2.75) is 72.6 Å². The molecule has 0 bridgehead atoms. The minimum absolute atomic E-state index is 0.282. The molecule has 0 radical (unpaired) electrons. The van der Waals surface area contributed by atoms with Gasteiger partial charge in [-0.1, -0.05) is 39.8 Å². The summed E-state index contributed by atoms with van der Waals surface area (Å²) in [5.41, 5.74) is 3.43. The lowest BCUT2D eigenvalue weighted by atomic mass is 9.46. The largest absolute Gasteiger partial charge is 0.309 e. The number of fused-ring (bicyclic) bond motifs is 3. The predicted molar refractivity (Wildman–Crippen MR) is 131 cm³/mol. The normalized spacial score (nSPS) is 36.7. The molecule has 5 unspecified atom stereocenters. The zero-order valence-corrected chi connectivity index (χ0v) is 20.7. The predicted octanol–water partition coefficient (Wildman–Crippen LogP) is 6.50. The van der Waals surface area contributed by atoms with Gasteiger partial charge in [0.15, 0.2) is 0 Å². The standard InChI is InChI=1S/C26H38N2O.C2H6/c1-25(14-16-28(3)4)20(12-17-29)7-8-21-23-10-9-22(19-6-5-15-27-18-19)26(23,2)13-11-24(21)25;1-2/h5-6,9,15,17-18,20-21,23-24H,7-8,10-14,16H2,1-4H3;1-2H3/t20?,21?,23?,24?,25-,26?;/m1./s1. The van der Waals surface area contributed by atoms with E-state index in [1.807, 2.05) is 26.2 Å². The number of pyridine rings is 1. The van der Waals surface area contributed by atoms with Crippen molar-refractivity contribution in [2.75, 3.05) is 20.6 Å². The molecule has 2 saturated carbocycles. The summed E-state index contributed by atoms with van der Waals surface area (Å²) in [7, 11) is 4.36. The average molecular weight is 425 g/mol. The molecule has 31 heavy (non-hydrogen) atoms. The van der Waals surface area contributed by atoms with Crippen LogP contribution in [-0.2, 0) is 4.79 Å². The minimum Gasteiger partial charge on any atom is -0.309 e. The molecule has 0 aliphatic heterocycles. The van der Waals surface area contributed by atoms with Crippen molar-refractivity contribution in [1.82, 2.24) is 9.88 Å². The summed E-state index contributed by atoms with van der Waals surface area (Å²) in [6.45, 7) is 10.2. The molecule has 3 nitrogen and oxygen atoms in total. The van der Waals surface area contributed by atoms with Gasteiger partial charge in [-0.25, -0.2) is 0 Å². The Morgan fingerprint density at radius 2 is 1.94 bits per heavy atom. The van der Waals surface area contributed by atoms with E-state index in [0.717, 1.165) is 30.7 Å². The average Bonchev–Trinajstić information content (AvgIpc) is 3.14. The molecule has 0 saturated heterocycles. The van der Waals surface area contributed by atoms with Gasteiger partial charge in [-0.3, -0.25) is 4.98 Å². The van der Waals surface area contributed by atoms with Crippen molar-refractivity contribution >= 4 is 11.9 Å². The van der Waals surface area contributed by atoms with E-state index in [1.54, 1.807) is 5.57 Å². The van der Waals surface area contributed by atoms with Crippen LogP contribution >= 0.6 is 0 Å². The highest BCUT2D eigenvalue weighted by atomic mass is 16.1. The number of allylic oxidation sites excluding steroid dienone is 2. The van der Waals surface area contributed by atoms with Crippen LogP contribution < -0.4 is 0 Å². The number of hydrogen-bond donors (Lipinski definition) is 0. The molecular formula is C28H44N2O. The highest BCUT2D eigenvalue weighted by molar-refractivity contribution is 5.72. The van der Waals surface area contributed by atoms with Gasteiger partial charge in [0, 0.05) is 18.8 Å². The second kappa shape index (κ2) is 9.98. The van der Waals surface area contributed by atoms with Crippen LogP contribution in [0.25, 0.3) is 5.57 Å². The van der Waals surface area contributed by atoms with Gasteiger partial charge in [-0.15, -0.1) is 0 Å². The van der Waals surface area contributed by atoms with Gasteiger partial charge in [-0.05, 0) is 111 Å². The fourth-order valence-electron chi connectivity index (χ4n) is 7.43. The van der Waals surface area contributed by atoms with Crippen molar-refractivity contribution in [3.8, 4) is 0 Å². The topological polar surface area (TPSA) is 33.2 Å². The molecule has 0 N–H and O–H groups in total. The number of rotatable bonds is 6. The lowest BCUT2D eigenvalue weighted by molar-refractivity contribution is -0.116. The maximum atomic E-state index is 11.5. The maximum Gasteiger partial charge on any atom is 0.120 e. The smallest absolute Gasteiger partial charge is 0.120 e. The molecule has 6 atom stereocenters. The van der Waals surface area contributed by atoms with Crippen LogP contribution in [0.3, 0.4) is 0 Å². The summed E-state index contributed by atoms with van der Waals surface area (Å²) in [6.07, 6.45) is 15.9. The molecule has 0 aromatic carbocycles. The van der Waals surface area contributed by atoms with Crippen LogP contribution in [-0.4, -0.2) is 36.8 Å². The van der Waals surface area contributed by atoms with Crippen molar-refractivity contribution in [3.63, 3.8) is 0 Å². The first-order valence-electron chi connectivity index (χ1n) is 12.6. The van der Waals surface area contributed by atoms with Gasteiger partial charge in [0.1, 0.15) is 6.29 Å². The van der Waals surface area contributed by atoms with Gasteiger partial charge in [-0.2, -0.15) is 0 Å². The van der Waals surface area contributed by atoms with Crippen molar-refractivity contribution in [1.29, 1.82) is 0 Å². The molecule has 0 amide bonds. The van der Waals surface area contributed by atoms with E-state index in [9.17, 15) is 4.79 Å². The number of aromatic nitrogens is 1. The molecule has 1 heterocycles. The zero-order chi connectivity index (χ0) is 22.6.